The molecular formula is C11H15BrN2O2S. The summed E-state index contributed by atoms with van der Waals surface area (Å²) in [7, 11) is -3.27. The minimum absolute atomic E-state index is 0.257. The molecule has 1 aliphatic carbocycles. The average molecular weight is 319 g/mol. The molecule has 4 nitrogen and oxygen atoms in total. The van der Waals surface area contributed by atoms with Gasteiger partial charge in [-0.15, -0.1) is 0 Å². The highest BCUT2D eigenvalue weighted by Gasteiger charge is 2.28. The van der Waals surface area contributed by atoms with E-state index in [1.54, 1.807) is 18.2 Å². The molecule has 6 heteroatoms. The first-order valence-electron chi connectivity index (χ1n) is 5.56. The maximum Gasteiger partial charge on any atom is 0.235 e. The van der Waals surface area contributed by atoms with Gasteiger partial charge in [-0.1, -0.05) is 12.8 Å². The lowest BCUT2D eigenvalue weighted by atomic mass is 10.3. The van der Waals surface area contributed by atoms with Crippen molar-refractivity contribution in [1.82, 2.24) is 0 Å². The average Bonchev–Trinajstić information content (AvgIpc) is 2.76. The Morgan fingerprint density at radius 3 is 2.53 bits per heavy atom. The van der Waals surface area contributed by atoms with Crippen LogP contribution in [0.2, 0.25) is 0 Å². The van der Waals surface area contributed by atoms with Crippen LogP contribution in [0.4, 0.5) is 11.4 Å². The van der Waals surface area contributed by atoms with Crippen LogP contribution in [0.1, 0.15) is 25.7 Å². The Kier molecular flexibility index (Phi) is 3.63. The van der Waals surface area contributed by atoms with Crippen LogP contribution in [0, 0.1) is 0 Å². The Labute approximate surface area is 110 Å². The maximum absolute atomic E-state index is 12.1. The number of halogens is 1. The third kappa shape index (κ3) is 2.93. The van der Waals surface area contributed by atoms with Gasteiger partial charge in [0.2, 0.25) is 10.0 Å². The zero-order chi connectivity index (χ0) is 12.5. The molecule has 0 aliphatic heterocycles. The van der Waals surface area contributed by atoms with E-state index in [0.717, 1.165) is 25.7 Å². The van der Waals surface area contributed by atoms with Crippen LogP contribution in [0.3, 0.4) is 0 Å². The third-order valence-electron chi connectivity index (χ3n) is 2.99. The van der Waals surface area contributed by atoms with Crippen molar-refractivity contribution in [3.05, 3.63) is 22.7 Å². The minimum Gasteiger partial charge on any atom is -0.399 e. The van der Waals surface area contributed by atoms with Crippen molar-refractivity contribution in [2.75, 3.05) is 10.5 Å². The van der Waals surface area contributed by atoms with Crippen molar-refractivity contribution in [3.63, 3.8) is 0 Å². The lowest BCUT2D eigenvalue weighted by Gasteiger charge is -2.14. The second-order valence-electron chi connectivity index (χ2n) is 4.29. The largest absolute Gasteiger partial charge is 0.399 e. The second kappa shape index (κ2) is 4.86. The Morgan fingerprint density at radius 1 is 1.29 bits per heavy atom. The molecule has 1 fully saturated rings. The molecule has 1 aliphatic rings. The number of hydrogen-bond acceptors (Lipinski definition) is 3. The maximum atomic E-state index is 12.1. The van der Waals surface area contributed by atoms with E-state index in [2.05, 4.69) is 20.7 Å². The SMILES string of the molecule is Nc1ccc(NS(=O)(=O)C2CCCC2)c(Br)c1. The quantitative estimate of drug-likeness (QED) is 0.842. The molecule has 3 N–H and O–H groups in total. The number of nitrogen functional groups attached to an aromatic ring is 1. The molecule has 0 amide bonds. The van der Waals surface area contributed by atoms with Gasteiger partial charge in [0.1, 0.15) is 0 Å². The molecule has 2 rings (SSSR count). The summed E-state index contributed by atoms with van der Waals surface area (Å²) in [5.41, 5.74) is 6.75. The number of benzene rings is 1. The highest BCUT2D eigenvalue weighted by molar-refractivity contribution is 9.10. The van der Waals surface area contributed by atoms with Gasteiger partial charge in [-0.3, -0.25) is 4.72 Å². The Morgan fingerprint density at radius 2 is 1.94 bits per heavy atom. The molecule has 0 saturated heterocycles. The number of anilines is 2. The van der Waals surface area contributed by atoms with E-state index >= 15 is 0 Å². The number of sulfonamides is 1. The molecule has 0 bridgehead atoms. The van der Waals surface area contributed by atoms with E-state index in [1.807, 2.05) is 0 Å². The molecule has 0 aromatic heterocycles. The van der Waals surface area contributed by atoms with Gasteiger partial charge in [-0.05, 0) is 47.0 Å². The Bertz CT molecular complexity index is 510. The van der Waals surface area contributed by atoms with Crippen LogP contribution in [0.5, 0.6) is 0 Å². The molecule has 94 valence electrons. The fourth-order valence-electron chi connectivity index (χ4n) is 2.05. The van der Waals surface area contributed by atoms with E-state index in [4.69, 9.17) is 5.73 Å². The molecule has 17 heavy (non-hydrogen) atoms. The highest BCUT2D eigenvalue weighted by atomic mass is 79.9. The topological polar surface area (TPSA) is 72.2 Å². The summed E-state index contributed by atoms with van der Waals surface area (Å²) in [6.07, 6.45) is 3.49. The lowest BCUT2D eigenvalue weighted by Crippen LogP contribution is -2.25. The molecule has 1 saturated carbocycles. The van der Waals surface area contributed by atoms with Crippen molar-refractivity contribution in [2.24, 2.45) is 0 Å². The second-order valence-corrected chi connectivity index (χ2v) is 7.11. The van der Waals surface area contributed by atoms with Gasteiger partial charge in [0.05, 0.1) is 10.9 Å². The minimum atomic E-state index is -3.27. The molecule has 1 aromatic rings. The fourth-order valence-corrected chi connectivity index (χ4v) is 4.28. The van der Waals surface area contributed by atoms with Crippen LogP contribution < -0.4 is 10.5 Å². The van der Waals surface area contributed by atoms with Crippen molar-refractivity contribution < 1.29 is 8.42 Å². The molecular weight excluding hydrogens is 304 g/mol. The van der Waals surface area contributed by atoms with Crippen LogP contribution in [-0.4, -0.2) is 13.7 Å². The van der Waals surface area contributed by atoms with Gasteiger partial charge in [-0.25, -0.2) is 8.42 Å². The summed E-state index contributed by atoms with van der Waals surface area (Å²) in [4.78, 5) is 0. The smallest absolute Gasteiger partial charge is 0.235 e. The zero-order valence-corrected chi connectivity index (χ0v) is 11.7. The van der Waals surface area contributed by atoms with Crippen molar-refractivity contribution in [3.8, 4) is 0 Å². The monoisotopic (exact) mass is 318 g/mol. The third-order valence-corrected chi connectivity index (χ3v) is 5.50. The van der Waals surface area contributed by atoms with Crippen LogP contribution in [-0.2, 0) is 10.0 Å². The van der Waals surface area contributed by atoms with Crippen molar-refractivity contribution in [1.29, 1.82) is 0 Å². The number of nitrogens with one attached hydrogen (secondary N) is 1. The number of hydrogen-bond donors (Lipinski definition) is 2. The van der Waals surface area contributed by atoms with Gasteiger partial charge in [0.25, 0.3) is 0 Å². The predicted octanol–water partition coefficient (Wildman–Crippen LogP) is 2.72. The Balaban J connectivity index is 2.19. The summed E-state index contributed by atoms with van der Waals surface area (Å²) in [6.45, 7) is 0. The molecule has 0 radical (unpaired) electrons. The Hall–Kier alpha value is -0.750. The van der Waals surface area contributed by atoms with Crippen LogP contribution in [0.25, 0.3) is 0 Å². The van der Waals surface area contributed by atoms with Gasteiger partial charge >= 0.3 is 0 Å². The van der Waals surface area contributed by atoms with Gasteiger partial charge in [-0.2, -0.15) is 0 Å². The summed E-state index contributed by atoms with van der Waals surface area (Å²) >= 11 is 3.30. The molecule has 0 atom stereocenters. The predicted molar refractivity (Wildman–Crippen MR) is 73.4 cm³/mol. The summed E-state index contributed by atoms with van der Waals surface area (Å²) in [5, 5.41) is -0.257. The van der Waals surface area contributed by atoms with E-state index in [1.165, 1.54) is 0 Å². The fraction of sp³-hybridized carbons (Fsp3) is 0.455. The van der Waals surface area contributed by atoms with E-state index in [0.29, 0.717) is 15.8 Å². The molecule has 0 unspecified atom stereocenters. The first-order valence-corrected chi connectivity index (χ1v) is 7.89. The van der Waals surface area contributed by atoms with E-state index in [9.17, 15) is 8.42 Å². The zero-order valence-electron chi connectivity index (χ0n) is 9.32. The molecule has 0 heterocycles. The summed E-state index contributed by atoms with van der Waals surface area (Å²) < 4.78 is 27.4. The van der Waals surface area contributed by atoms with E-state index in [-0.39, 0.29) is 5.25 Å². The normalized spacial score (nSPS) is 17.2. The van der Waals surface area contributed by atoms with Crippen LogP contribution in [0.15, 0.2) is 22.7 Å². The molecule has 0 spiro atoms. The van der Waals surface area contributed by atoms with Crippen molar-refractivity contribution >= 4 is 37.3 Å². The van der Waals surface area contributed by atoms with Gasteiger partial charge in [0.15, 0.2) is 0 Å². The summed E-state index contributed by atoms with van der Waals surface area (Å²) in [6, 6.07) is 5.04. The van der Waals surface area contributed by atoms with Crippen molar-refractivity contribution in [2.45, 2.75) is 30.9 Å². The van der Waals surface area contributed by atoms with Gasteiger partial charge < -0.3 is 5.73 Å². The first kappa shape index (κ1) is 12.7. The van der Waals surface area contributed by atoms with E-state index < -0.39 is 10.0 Å². The van der Waals surface area contributed by atoms with Gasteiger partial charge in [0, 0.05) is 10.2 Å². The highest BCUT2D eigenvalue weighted by Crippen LogP contribution is 2.30. The first-order chi connectivity index (χ1) is 7.99. The molecule has 1 aromatic carbocycles. The van der Waals surface area contributed by atoms with Crippen LogP contribution >= 0.6 is 15.9 Å². The summed E-state index contributed by atoms with van der Waals surface area (Å²) in [5.74, 6) is 0. The number of rotatable bonds is 3. The lowest BCUT2D eigenvalue weighted by molar-refractivity contribution is 0.585. The standard InChI is InChI=1S/C11H15BrN2O2S/c12-10-7-8(13)5-6-11(10)14-17(15,16)9-3-1-2-4-9/h5-7,9,14H,1-4,13H2. The number of nitrogens with two attached hydrogens (primary N) is 1.